The fourth-order valence-corrected chi connectivity index (χ4v) is 4.22. The quantitative estimate of drug-likeness (QED) is 0.554. The van der Waals surface area contributed by atoms with Crippen LogP contribution in [0.3, 0.4) is 0 Å². The number of hydrogen-bond donors (Lipinski definition) is 4. The van der Waals surface area contributed by atoms with Crippen LogP contribution < -0.4 is 4.74 Å². The van der Waals surface area contributed by atoms with Crippen LogP contribution in [-0.4, -0.2) is 57.8 Å². The Balaban J connectivity index is 1.64. The highest BCUT2D eigenvalue weighted by Gasteiger charge is 2.58. The summed E-state index contributed by atoms with van der Waals surface area (Å²) in [4.78, 5) is 0. The van der Waals surface area contributed by atoms with Gasteiger partial charge in [0.2, 0.25) is 5.79 Å². The second kappa shape index (κ2) is 8.29. The van der Waals surface area contributed by atoms with E-state index >= 15 is 0 Å². The van der Waals surface area contributed by atoms with Gasteiger partial charge in [-0.15, -0.1) is 13.2 Å². The first-order valence-corrected chi connectivity index (χ1v) is 9.98. The van der Waals surface area contributed by atoms with Crippen molar-refractivity contribution in [1.29, 1.82) is 0 Å². The summed E-state index contributed by atoms with van der Waals surface area (Å²) in [5.74, 6) is -2.07. The molecular formula is C22H23F3O7. The third-order valence-corrected chi connectivity index (χ3v) is 5.88. The molecule has 0 unspecified atom stereocenters. The van der Waals surface area contributed by atoms with Crippen molar-refractivity contribution in [1.82, 2.24) is 0 Å². The number of aryl methyl sites for hydroxylation is 1. The molecule has 10 heteroatoms. The first kappa shape index (κ1) is 23.0. The first-order valence-electron chi connectivity index (χ1n) is 9.98. The van der Waals surface area contributed by atoms with Gasteiger partial charge in [-0.05, 0) is 53.8 Å². The largest absolute Gasteiger partial charge is 0.573 e. The van der Waals surface area contributed by atoms with Crippen LogP contribution in [0.15, 0.2) is 36.4 Å². The van der Waals surface area contributed by atoms with Crippen molar-refractivity contribution < 1.29 is 47.8 Å². The molecule has 0 radical (unpaired) electrons. The molecule has 2 aromatic carbocycles. The van der Waals surface area contributed by atoms with E-state index in [1.165, 1.54) is 24.3 Å². The van der Waals surface area contributed by atoms with Gasteiger partial charge >= 0.3 is 6.36 Å². The smallest absolute Gasteiger partial charge is 0.406 e. The highest BCUT2D eigenvalue weighted by Crippen LogP contribution is 2.46. The molecule has 1 spiro atoms. The zero-order valence-corrected chi connectivity index (χ0v) is 17.0. The molecule has 2 heterocycles. The van der Waals surface area contributed by atoms with E-state index in [1.807, 2.05) is 13.0 Å². The number of ether oxygens (including phenoxy) is 3. The Morgan fingerprint density at radius 2 is 1.78 bits per heavy atom. The van der Waals surface area contributed by atoms with Gasteiger partial charge in [-0.25, -0.2) is 0 Å². The summed E-state index contributed by atoms with van der Waals surface area (Å²) >= 11 is 0. The van der Waals surface area contributed by atoms with E-state index in [2.05, 4.69) is 4.74 Å². The van der Waals surface area contributed by atoms with E-state index in [1.54, 1.807) is 6.07 Å². The van der Waals surface area contributed by atoms with Crippen molar-refractivity contribution in [2.45, 2.75) is 56.5 Å². The maximum absolute atomic E-state index is 12.4. The molecule has 2 aliphatic rings. The van der Waals surface area contributed by atoms with Gasteiger partial charge in [0.15, 0.2) is 0 Å². The van der Waals surface area contributed by atoms with E-state index in [9.17, 15) is 33.6 Å². The average Bonchev–Trinajstić information content (AvgIpc) is 3.08. The Labute approximate surface area is 181 Å². The lowest BCUT2D eigenvalue weighted by molar-refractivity contribution is -0.368. The zero-order chi connectivity index (χ0) is 23.3. The van der Waals surface area contributed by atoms with Crippen molar-refractivity contribution >= 4 is 0 Å². The lowest BCUT2D eigenvalue weighted by atomic mass is 9.85. The van der Waals surface area contributed by atoms with E-state index in [4.69, 9.17) is 9.47 Å². The van der Waals surface area contributed by atoms with E-state index in [-0.39, 0.29) is 12.4 Å². The predicted molar refractivity (Wildman–Crippen MR) is 104 cm³/mol. The van der Waals surface area contributed by atoms with Gasteiger partial charge in [0.25, 0.3) is 0 Å². The summed E-state index contributed by atoms with van der Waals surface area (Å²) in [6, 6.07) is 9.10. The standard InChI is InChI=1S/C22H23F3O7/c1-11-6-14-10-30-21(20(29)19(28)18(27)17(9-26)32-21)16(14)8-13(11)7-12-2-4-15(5-3-12)31-22(23,24)25/h2-6,8,17-20,26-29H,7,9-10H2,1H3/t17-,18-,19+,20-,21+/m1/s1. The Morgan fingerprint density at radius 3 is 2.41 bits per heavy atom. The summed E-state index contributed by atoms with van der Waals surface area (Å²) in [6.45, 7) is 1.38. The molecule has 2 aromatic rings. The van der Waals surface area contributed by atoms with E-state index in [0.717, 1.165) is 22.3 Å². The monoisotopic (exact) mass is 456 g/mol. The van der Waals surface area contributed by atoms with Crippen LogP contribution in [0, 0.1) is 6.92 Å². The number of hydrogen-bond acceptors (Lipinski definition) is 7. The minimum atomic E-state index is -4.77. The molecule has 2 aliphatic heterocycles. The van der Waals surface area contributed by atoms with E-state index < -0.39 is 43.2 Å². The fraction of sp³-hybridized carbons (Fsp3) is 0.455. The molecule has 0 amide bonds. The zero-order valence-electron chi connectivity index (χ0n) is 17.0. The Morgan fingerprint density at radius 1 is 1.09 bits per heavy atom. The Hall–Kier alpha value is -2.21. The molecule has 0 saturated carbocycles. The molecule has 1 fully saturated rings. The number of aliphatic hydroxyl groups excluding tert-OH is 4. The summed E-state index contributed by atoms with van der Waals surface area (Å²) in [6.07, 6.45) is -10.3. The Bertz CT molecular complexity index is 977. The van der Waals surface area contributed by atoms with Crippen LogP contribution in [0.2, 0.25) is 0 Å². The molecule has 0 bridgehead atoms. The summed E-state index contributed by atoms with van der Waals surface area (Å²) in [5.41, 5.74) is 3.61. The van der Waals surface area contributed by atoms with Crippen LogP contribution in [0.1, 0.15) is 27.8 Å². The van der Waals surface area contributed by atoms with Gasteiger partial charge in [0.1, 0.15) is 30.2 Å². The van der Waals surface area contributed by atoms with Gasteiger partial charge in [-0.2, -0.15) is 0 Å². The molecule has 32 heavy (non-hydrogen) atoms. The predicted octanol–water partition coefficient (Wildman–Crippen LogP) is 1.64. The summed E-state index contributed by atoms with van der Waals surface area (Å²) in [5, 5.41) is 40.6. The van der Waals surface area contributed by atoms with Crippen LogP contribution in [-0.2, 0) is 28.3 Å². The third-order valence-electron chi connectivity index (χ3n) is 5.88. The second-order valence-corrected chi connectivity index (χ2v) is 8.03. The SMILES string of the molecule is Cc1cc2c(cc1Cc1ccc(OC(F)(F)F)cc1)[C@]1(OC2)O[C@H](CO)[C@@H](O)[C@H](O)[C@H]1O. The van der Waals surface area contributed by atoms with Gasteiger partial charge in [0.05, 0.1) is 13.2 Å². The number of aliphatic hydroxyl groups is 4. The highest BCUT2D eigenvalue weighted by molar-refractivity contribution is 5.45. The topological polar surface area (TPSA) is 109 Å². The van der Waals surface area contributed by atoms with Crippen LogP contribution in [0.5, 0.6) is 5.75 Å². The molecule has 4 rings (SSSR count). The van der Waals surface area contributed by atoms with Gasteiger partial charge in [-0.3, -0.25) is 0 Å². The molecular weight excluding hydrogens is 433 g/mol. The average molecular weight is 456 g/mol. The minimum absolute atomic E-state index is 0.0952. The van der Waals surface area contributed by atoms with Gasteiger partial charge in [-0.1, -0.05) is 18.2 Å². The number of halogens is 3. The van der Waals surface area contributed by atoms with Crippen molar-refractivity contribution in [3.8, 4) is 5.75 Å². The summed E-state index contributed by atoms with van der Waals surface area (Å²) < 4.78 is 52.5. The fourth-order valence-electron chi connectivity index (χ4n) is 4.22. The Kier molecular flexibility index (Phi) is 5.95. The van der Waals surface area contributed by atoms with Gasteiger partial charge < -0.3 is 34.6 Å². The molecule has 174 valence electrons. The third kappa shape index (κ3) is 4.09. The molecule has 5 atom stereocenters. The maximum atomic E-state index is 12.4. The lowest BCUT2D eigenvalue weighted by Gasteiger charge is -2.46. The number of fused-ring (bicyclic) bond motifs is 2. The lowest BCUT2D eigenvalue weighted by Crippen LogP contribution is -2.63. The summed E-state index contributed by atoms with van der Waals surface area (Å²) in [7, 11) is 0. The normalized spacial score (nSPS) is 29.9. The number of rotatable bonds is 4. The van der Waals surface area contributed by atoms with Crippen LogP contribution >= 0.6 is 0 Å². The number of alkyl halides is 3. The minimum Gasteiger partial charge on any atom is -0.406 e. The van der Waals surface area contributed by atoms with Crippen molar-refractivity contribution in [3.63, 3.8) is 0 Å². The molecule has 7 nitrogen and oxygen atoms in total. The van der Waals surface area contributed by atoms with Crippen molar-refractivity contribution in [2.24, 2.45) is 0 Å². The molecule has 4 N–H and O–H groups in total. The van der Waals surface area contributed by atoms with Crippen LogP contribution in [0.25, 0.3) is 0 Å². The van der Waals surface area contributed by atoms with Crippen molar-refractivity contribution in [3.05, 3.63) is 64.2 Å². The van der Waals surface area contributed by atoms with Crippen LogP contribution in [0.4, 0.5) is 13.2 Å². The van der Waals surface area contributed by atoms with Gasteiger partial charge in [0, 0.05) is 5.56 Å². The second-order valence-electron chi connectivity index (χ2n) is 8.03. The maximum Gasteiger partial charge on any atom is 0.573 e. The van der Waals surface area contributed by atoms with Crippen molar-refractivity contribution in [2.75, 3.05) is 6.61 Å². The molecule has 1 saturated heterocycles. The number of benzene rings is 2. The molecule has 0 aliphatic carbocycles. The molecule has 0 aromatic heterocycles. The highest BCUT2D eigenvalue weighted by atomic mass is 19.4. The first-order chi connectivity index (χ1) is 15.0. The van der Waals surface area contributed by atoms with E-state index in [0.29, 0.717) is 12.0 Å².